The number of carbonyl (C=O) groups is 1. The Labute approximate surface area is 109 Å². The van der Waals surface area contributed by atoms with Gasteiger partial charge in [-0.15, -0.1) is 0 Å². The Hall–Kier alpha value is -1.55. The van der Waals surface area contributed by atoms with Crippen molar-refractivity contribution in [1.82, 2.24) is 0 Å². The molecular weight excluding hydrogens is 228 g/mol. The van der Waals surface area contributed by atoms with Gasteiger partial charge in [0, 0.05) is 12.1 Å². The number of benzene rings is 1. The average Bonchev–Trinajstić information content (AvgIpc) is 2.37. The number of rotatable bonds is 7. The third-order valence-corrected chi connectivity index (χ3v) is 2.55. The smallest absolute Gasteiger partial charge is 0.224 e. The minimum atomic E-state index is -0.00447. The summed E-state index contributed by atoms with van der Waals surface area (Å²) in [6.45, 7) is 5.26. The predicted octanol–water partition coefficient (Wildman–Crippen LogP) is 2.40. The van der Waals surface area contributed by atoms with Crippen LogP contribution < -0.4 is 15.8 Å². The summed E-state index contributed by atoms with van der Waals surface area (Å²) in [5.74, 6) is 1.03. The summed E-state index contributed by atoms with van der Waals surface area (Å²) in [7, 11) is 0. The zero-order chi connectivity index (χ0) is 13.4. The molecule has 0 heterocycles. The number of nitrogens with one attached hydrogen (secondary N) is 1. The van der Waals surface area contributed by atoms with Crippen LogP contribution in [0.5, 0.6) is 5.75 Å². The van der Waals surface area contributed by atoms with Crippen molar-refractivity contribution in [3.8, 4) is 5.75 Å². The predicted molar refractivity (Wildman–Crippen MR) is 73.7 cm³/mol. The van der Waals surface area contributed by atoms with Crippen LogP contribution in [0.25, 0.3) is 0 Å². The van der Waals surface area contributed by atoms with E-state index >= 15 is 0 Å². The van der Waals surface area contributed by atoms with Crippen molar-refractivity contribution in [3.05, 3.63) is 24.3 Å². The van der Waals surface area contributed by atoms with E-state index in [2.05, 4.69) is 12.2 Å². The Morgan fingerprint density at radius 2 is 2.06 bits per heavy atom. The molecule has 0 radical (unpaired) electrons. The highest BCUT2D eigenvalue weighted by atomic mass is 16.5. The number of amides is 1. The third-order valence-electron chi connectivity index (χ3n) is 2.55. The van der Waals surface area contributed by atoms with Crippen LogP contribution in [-0.4, -0.2) is 19.1 Å². The minimum Gasteiger partial charge on any atom is -0.494 e. The van der Waals surface area contributed by atoms with Crippen LogP contribution in [0.4, 0.5) is 5.69 Å². The monoisotopic (exact) mass is 250 g/mol. The van der Waals surface area contributed by atoms with Gasteiger partial charge in [-0.05, 0) is 43.1 Å². The number of hydrogen-bond donors (Lipinski definition) is 2. The largest absolute Gasteiger partial charge is 0.494 e. The maximum Gasteiger partial charge on any atom is 0.224 e. The fourth-order valence-corrected chi connectivity index (χ4v) is 1.47. The van der Waals surface area contributed by atoms with E-state index in [4.69, 9.17) is 10.5 Å². The summed E-state index contributed by atoms with van der Waals surface area (Å²) in [5, 5.41) is 2.84. The summed E-state index contributed by atoms with van der Waals surface area (Å²) in [6.07, 6.45) is 1.43. The molecule has 18 heavy (non-hydrogen) atoms. The number of anilines is 1. The second kappa shape index (κ2) is 7.71. The Kier molecular flexibility index (Phi) is 6.22. The molecule has 0 aliphatic rings. The van der Waals surface area contributed by atoms with Crippen molar-refractivity contribution in [2.24, 2.45) is 11.7 Å². The van der Waals surface area contributed by atoms with Gasteiger partial charge in [0.25, 0.3) is 0 Å². The molecule has 0 aliphatic heterocycles. The van der Waals surface area contributed by atoms with Crippen molar-refractivity contribution in [2.45, 2.75) is 26.7 Å². The van der Waals surface area contributed by atoms with Crippen LogP contribution in [0.2, 0.25) is 0 Å². The second-order valence-electron chi connectivity index (χ2n) is 4.47. The van der Waals surface area contributed by atoms with Crippen molar-refractivity contribution < 1.29 is 9.53 Å². The van der Waals surface area contributed by atoms with E-state index in [1.165, 1.54) is 0 Å². The standard InChI is InChI=1S/C14H22N2O2/c1-3-8-18-13-6-4-12(5-7-13)16-14(17)9-11(2)10-15/h4-7,11H,3,8-10,15H2,1-2H3,(H,16,17). The van der Waals surface area contributed by atoms with Gasteiger partial charge in [-0.1, -0.05) is 13.8 Å². The van der Waals surface area contributed by atoms with Gasteiger partial charge in [-0.25, -0.2) is 0 Å². The maximum atomic E-state index is 11.6. The molecule has 0 aromatic heterocycles. The van der Waals surface area contributed by atoms with E-state index in [1.54, 1.807) is 0 Å². The van der Waals surface area contributed by atoms with Gasteiger partial charge in [0.2, 0.25) is 5.91 Å². The van der Waals surface area contributed by atoms with Crippen LogP contribution >= 0.6 is 0 Å². The molecule has 1 aromatic carbocycles. The highest BCUT2D eigenvalue weighted by Gasteiger charge is 2.07. The molecule has 0 fully saturated rings. The minimum absolute atomic E-state index is 0.00447. The Morgan fingerprint density at radius 1 is 1.39 bits per heavy atom. The third kappa shape index (κ3) is 5.19. The quantitative estimate of drug-likeness (QED) is 0.781. The number of hydrogen-bond acceptors (Lipinski definition) is 3. The molecule has 0 spiro atoms. The fraction of sp³-hybridized carbons (Fsp3) is 0.500. The lowest BCUT2D eigenvalue weighted by molar-refractivity contribution is -0.116. The molecule has 0 saturated heterocycles. The molecule has 1 rings (SSSR count). The van der Waals surface area contributed by atoms with E-state index in [9.17, 15) is 4.79 Å². The van der Waals surface area contributed by atoms with E-state index in [0.717, 1.165) is 17.9 Å². The van der Waals surface area contributed by atoms with Gasteiger partial charge in [-0.2, -0.15) is 0 Å². The van der Waals surface area contributed by atoms with Gasteiger partial charge in [0.05, 0.1) is 6.61 Å². The zero-order valence-electron chi connectivity index (χ0n) is 11.1. The van der Waals surface area contributed by atoms with Gasteiger partial charge in [-0.3, -0.25) is 4.79 Å². The topological polar surface area (TPSA) is 64.3 Å². The SMILES string of the molecule is CCCOc1ccc(NC(=O)CC(C)CN)cc1. The lowest BCUT2D eigenvalue weighted by Crippen LogP contribution is -2.20. The molecular formula is C14H22N2O2. The molecule has 1 unspecified atom stereocenters. The number of carbonyl (C=O) groups excluding carboxylic acids is 1. The van der Waals surface area contributed by atoms with Crippen LogP contribution in [0.3, 0.4) is 0 Å². The molecule has 4 nitrogen and oxygen atoms in total. The van der Waals surface area contributed by atoms with E-state index in [0.29, 0.717) is 19.6 Å². The highest BCUT2D eigenvalue weighted by Crippen LogP contribution is 2.16. The van der Waals surface area contributed by atoms with E-state index in [-0.39, 0.29) is 11.8 Å². The first-order valence-electron chi connectivity index (χ1n) is 6.38. The van der Waals surface area contributed by atoms with Crippen LogP contribution in [0.15, 0.2) is 24.3 Å². The molecule has 1 aromatic rings. The first-order chi connectivity index (χ1) is 8.65. The number of ether oxygens (including phenoxy) is 1. The van der Waals surface area contributed by atoms with Crippen molar-refractivity contribution in [3.63, 3.8) is 0 Å². The maximum absolute atomic E-state index is 11.6. The van der Waals surface area contributed by atoms with Crippen LogP contribution in [-0.2, 0) is 4.79 Å². The fourth-order valence-electron chi connectivity index (χ4n) is 1.47. The Morgan fingerprint density at radius 3 is 2.61 bits per heavy atom. The van der Waals surface area contributed by atoms with Gasteiger partial charge in [0.15, 0.2) is 0 Å². The van der Waals surface area contributed by atoms with E-state index < -0.39 is 0 Å². The summed E-state index contributed by atoms with van der Waals surface area (Å²) >= 11 is 0. The van der Waals surface area contributed by atoms with Crippen molar-refractivity contribution >= 4 is 11.6 Å². The Balaban J connectivity index is 2.45. The lowest BCUT2D eigenvalue weighted by Gasteiger charge is -2.10. The highest BCUT2D eigenvalue weighted by molar-refractivity contribution is 5.90. The summed E-state index contributed by atoms with van der Waals surface area (Å²) in [4.78, 5) is 11.6. The van der Waals surface area contributed by atoms with Crippen LogP contribution in [0.1, 0.15) is 26.7 Å². The van der Waals surface area contributed by atoms with Crippen molar-refractivity contribution in [1.29, 1.82) is 0 Å². The van der Waals surface area contributed by atoms with Crippen LogP contribution in [0, 0.1) is 5.92 Å². The molecule has 3 N–H and O–H groups in total. The van der Waals surface area contributed by atoms with Crippen molar-refractivity contribution in [2.75, 3.05) is 18.5 Å². The first-order valence-corrected chi connectivity index (χ1v) is 6.38. The number of nitrogens with two attached hydrogens (primary N) is 1. The lowest BCUT2D eigenvalue weighted by atomic mass is 10.1. The summed E-state index contributed by atoms with van der Waals surface area (Å²) < 4.78 is 5.47. The Bertz CT molecular complexity index is 363. The summed E-state index contributed by atoms with van der Waals surface area (Å²) in [6, 6.07) is 7.40. The van der Waals surface area contributed by atoms with E-state index in [1.807, 2.05) is 31.2 Å². The molecule has 4 heteroatoms. The molecule has 1 atom stereocenters. The molecule has 0 bridgehead atoms. The van der Waals surface area contributed by atoms with Gasteiger partial charge < -0.3 is 15.8 Å². The normalized spacial score (nSPS) is 11.9. The second-order valence-corrected chi connectivity index (χ2v) is 4.47. The molecule has 0 aliphatic carbocycles. The summed E-state index contributed by atoms with van der Waals surface area (Å²) in [5.41, 5.74) is 6.27. The van der Waals surface area contributed by atoms with Gasteiger partial charge in [0.1, 0.15) is 5.75 Å². The molecule has 0 saturated carbocycles. The average molecular weight is 250 g/mol. The zero-order valence-corrected chi connectivity index (χ0v) is 11.1. The molecule has 100 valence electrons. The first kappa shape index (κ1) is 14.5. The van der Waals surface area contributed by atoms with Gasteiger partial charge >= 0.3 is 0 Å². The molecule has 1 amide bonds.